The standard InChI is InChI=1S/C20H30O7S/c21-19-4-2-1-3-5-20(19)28-17-18-16-26-13-12-24-9-8-22-6-7-23-10-11-25-14-15-27-18/h1-5,18H,6-17H2. The maximum Gasteiger partial charge on any atom is 0.192 e. The highest BCUT2D eigenvalue weighted by Crippen LogP contribution is 2.15. The fourth-order valence-electron chi connectivity index (χ4n) is 2.33. The van der Waals surface area contributed by atoms with Crippen LogP contribution in [0.15, 0.2) is 40.0 Å². The maximum atomic E-state index is 12.0. The number of thioether (sulfide) groups is 1. The average molecular weight is 415 g/mol. The van der Waals surface area contributed by atoms with E-state index in [9.17, 15) is 4.79 Å². The maximum absolute atomic E-state index is 12.0. The van der Waals surface area contributed by atoms with Crippen LogP contribution in [0.25, 0.3) is 0 Å². The first-order chi connectivity index (χ1) is 13.9. The highest BCUT2D eigenvalue weighted by atomic mass is 32.2. The first-order valence-corrected chi connectivity index (χ1v) is 10.6. The average Bonchev–Trinajstić information content (AvgIpc) is 2.91. The molecular weight excluding hydrogens is 384 g/mol. The van der Waals surface area contributed by atoms with Gasteiger partial charge in [-0.05, 0) is 12.1 Å². The van der Waals surface area contributed by atoms with Gasteiger partial charge in [-0.15, -0.1) is 11.8 Å². The molecule has 1 aromatic carbocycles. The largest absolute Gasteiger partial charge is 0.377 e. The van der Waals surface area contributed by atoms with Crippen LogP contribution in [-0.4, -0.2) is 84.5 Å². The van der Waals surface area contributed by atoms with Crippen LogP contribution in [0.2, 0.25) is 0 Å². The molecule has 1 atom stereocenters. The molecule has 158 valence electrons. The molecule has 1 aliphatic rings. The second-order valence-electron chi connectivity index (χ2n) is 5.97. The van der Waals surface area contributed by atoms with E-state index in [1.165, 1.54) is 11.8 Å². The van der Waals surface area contributed by atoms with Crippen molar-refractivity contribution in [3.8, 4) is 0 Å². The predicted octanol–water partition coefficient (Wildman–Crippen LogP) is 1.62. The van der Waals surface area contributed by atoms with Gasteiger partial charge in [-0.1, -0.05) is 18.2 Å². The lowest BCUT2D eigenvalue weighted by atomic mass is 10.4. The van der Waals surface area contributed by atoms with Crippen molar-refractivity contribution in [3.05, 3.63) is 40.6 Å². The molecule has 7 nitrogen and oxygen atoms in total. The Morgan fingerprint density at radius 3 is 1.89 bits per heavy atom. The molecule has 28 heavy (non-hydrogen) atoms. The lowest BCUT2D eigenvalue weighted by molar-refractivity contribution is -0.0537. The minimum absolute atomic E-state index is 0.00932. The van der Waals surface area contributed by atoms with Crippen molar-refractivity contribution >= 4 is 11.8 Å². The summed E-state index contributed by atoms with van der Waals surface area (Å²) < 4.78 is 33.4. The normalized spacial score (nSPS) is 22.1. The summed E-state index contributed by atoms with van der Waals surface area (Å²) in [6.07, 6.45) is -0.142. The summed E-state index contributed by atoms with van der Waals surface area (Å²) in [6.45, 7) is 5.56. The predicted molar refractivity (Wildman–Crippen MR) is 107 cm³/mol. The number of hydrogen-bond donors (Lipinski definition) is 0. The Balaban J connectivity index is 1.78. The van der Waals surface area contributed by atoms with Gasteiger partial charge in [0.25, 0.3) is 0 Å². The summed E-state index contributed by atoms with van der Waals surface area (Å²) in [5.74, 6) is 0.622. The molecule has 1 fully saturated rings. The van der Waals surface area contributed by atoms with E-state index in [-0.39, 0.29) is 11.5 Å². The van der Waals surface area contributed by atoms with Gasteiger partial charge in [0, 0.05) is 5.75 Å². The zero-order valence-electron chi connectivity index (χ0n) is 16.2. The van der Waals surface area contributed by atoms with Gasteiger partial charge in [0.1, 0.15) is 0 Å². The van der Waals surface area contributed by atoms with Gasteiger partial charge in [-0.3, -0.25) is 4.79 Å². The van der Waals surface area contributed by atoms with Gasteiger partial charge in [0.05, 0.1) is 83.7 Å². The fourth-order valence-corrected chi connectivity index (χ4v) is 3.27. The second kappa shape index (κ2) is 15.9. The van der Waals surface area contributed by atoms with Crippen LogP contribution in [0.4, 0.5) is 0 Å². The Morgan fingerprint density at radius 2 is 1.25 bits per heavy atom. The number of rotatable bonds is 3. The summed E-state index contributed by atoms with van der Waals surface area (Å²) in [5, 5.41) is 0. The van der Waals surface area contributed by atoms with Crippen molar-refractivity contribution in [2.75, 3.05) is 78.4 Å². The lowest BCUT2D eigenvalue weighted by Gasteiger charge is -2.18. The lowest BCUT2D eigenvalue weighted by Crippen LogP contribution is -2.26. The summed E-state index contributed by atoms with van der Waals surface area (Å²) >= 11 is 1.48. The van der Waals surface area contributed by atoms with E-state index in [1.54, 1.807) is 12.1 Å². The van der Waals surface area contributed by atoms with Crippen LogP contribution < -0.4 is 5.43 Å². The van der Waals surface area contributed by atoms with E-state index >= 15 is 0 Å². The Labute approximate surface area is 170 Å². The molecule has 2 rings (SSSR count). The van der Waals surface area contributed by atoms with E-state index in [0.717, 1.165) is 0 Å². The molecule has 1 unspecified atom stereocenters. The Bertz CT molecular complexity index is 554. The van der Waals surface area contributed by atoms with E-state index < -0.39 is 0 Å². The third-order valence-electron chi connectivity index (χ3n) is 3.76. The van der Waals surface area contributed by atoms with Crippen LogP contribution in [-0.2, 0) is 28.4 Å². The molecule has 1 heterocycles. The van der Waals surface area contributed by atoms with E-state index in [2.05, 4.69) is 0 Å². The second-order valence-corrected chi connectivity index (χ2v) is 7.03. The Hall–Kier alpha value is -1.00. The van der Waals surface area contributed by atoms with Gasteiger partial charge in [0.2, 0.25) is 0 Å². The monoisotopic (exact) mass is 414 g/mol. The van der Waals surface area contributed by atoms with Gasteiger partial charge in [0.15, 0.2) is 5.43 Å². The van der Waals surface area contributed by atoms with Crippen molar-refractivity contribution in [3.63, 3.8) is 0 Å². The van der Waals surface area contributed by atoms with Gasteiger partial charge in [-0.2, -0.15) is 0 Å². The SMILES string of the molecule is O=c1cccccc1SCC1COCCOCCOCCOCCOCCO1. The molecule has 1 aromatic rings. The van der Waals surface area contributed by atoms with E-state index in [4.69, 9.17) is 28.4 Å². The first kappa shape index (κ1) is 23.3. The molecule has 1 saturated heterocycles. The highest BCUT2D eigenvalue weighted by molar-refractivity contribution is 7.99. The van der Waals surface area contributed by atoms with Crippen molar-refractivity contribution < 1.29 is 28.4 Å². The zero-order valence-corrected chi connectivity index (χ0v) is 17.0. The topological polar surface area (TPSA) is 72.5 Å². The van der Waals surface area contributed by atoms with Gasteiger partial charge in [-0.25, -0.2) is 0 Å². The molecular formula is C20H30O7S. The summed E-state index contributed by atoms with van der Waals surface area (Å²) in [6, 6.07) is 8.85. The van der Waals surface area contributed by atoms with Crippen LogP contribution >= 0.6 is 11.8 Å². The summed E-state index contributed by atoms with van der Waals surface area (Å²) in [4.78, 5) is 12.7. The molecule has 0 amide bonds. The molecule has 0 saturated carbocycles. The van der Waals surface area contributed by atoms with Crippen molar-refractivity contribution in [1.82, 2.24) is 0 Å². The van der Waals surface area contributed by atoms with Crippen LogP contribution in [0.5, 0.6) is 0 Å². The van der Waals surface area contributed by atoms with Crippen molar-refractivity contribution in [1.29, 1.82) is 0 Å². The molecule has 0 spiro atoms. The molecule has 8 heteroatoms. The number of ether oxygens (including phenoxy) is 6. The highest BCUT2D eigenvalue weighted by Gasteiger charge is 2.12. The zero-order chi connectivity index (χ0) is 19.7. The number of hydrogen-bond acceptors (Lipinski definition) is 8. The van der Waals surface area contributed by atoms with Crippen molar-refractivity contribution in [2.24, 2.45) is 0 Å². The summed E-state index contributed by atoms with van der Waals surface area (Å²) in [5.41, 5.74) is 0.00932. The quantitative estimate of drug-likeness (QED) is 0.691. The molecule has 0 bridgehead atoms. The van der Waals surface area contributed by atoms with Crippen LogP contribution in [0, 0.1) is 0 Å². The fraction of sp³-hybridized carbons (Fsp3) is 0.650. The third-order valence-corrected chi connectivity index (χ3v) is 4.94. The third kappa shape index (κ3) is 11.1. The molecule has 0 radical (unpaired) electrons. The van der Waals surface area contributed by atoms with Crippen LogP contribution in [0.1, 0.15) is 0 Å². The minimum Gasteiger partial charge on any atom is -0.377 e. The van der Waals surface area contributed by atoms with E-state index in [0.29, 0.717) is 83.3 Å². The van der Waals surface area contributed by atoms with Crippen molar-refractivity contribution in [2.45, 2.75) is 11.0 Å². The van der Waals surface area contributed by atoms with Crippen LogP contribution in [0.3, 0.4) is 0 Å². The summed E-state index contributed by atoms with van der Waals surface area (Å²) in [7, 11) is 0. The minimum atomic E-state index is -0.142. The Morgan fingerprint density at radius 1 is 0.714 bits per heavy atom. The smallest absolute Gasteiger partial charge is 0.192 e. The molecule has 0 N–H and O–H groups in total. The molecule has 1 aliphatic heterocycles. The van der Waals surface area contributed by atoms with Gasteiger partial charge >= 0.3 is 0 Å². The molecule has 0 aromatic heterocycles. The molecule has 0 aliphatic carbocycles. The van der Waals surface area contributed by atoms with Gasteiger partial charge < -0.3 is 28.4 Å². The van der Waals surface area contributed by atoms with E-state index in [1.807, 2.05) is 18.2 Å². The Kier molecular flexibility index (Phi) is 13.2. The first-order valence-electron chi connectivity index (χ1n) is 9.59.